The van der Waals surface area contributed by atoms with Gasteiger partial charge in [-0.3, -0.25) is 4.79 Å². The van der Waals surface area contributed by atoms with Crippen LogP contribution in [-0.2, 0) is 4.79 Å². The highest BCUT2D eigenvalue weighted by molar-refractivity contribution is 6.19. The average molecular weight is 232 g/mol. The number of halogens is 1. The molecule has 1 saturated carbocycles. The molecule has 0 aromatic rings. The van der Waals surface area contributed by atoms with Crippen molar-refractivity contribution in [2.75, 3.05) is 5.88 Å². The van der Waals surface area contributed by atoms with Crippen molar-refractivity contribution in [3.63, 3.8) is 0 Å². The Kier molecular flexibility index (Phi) is 5.44. The van der Waals surface area contributed by atoms with Gasteiger partial charge in [-0.05, 0) is 18.8 Å². The van der Waals surface area contributed by atoms with Gasteiger partial charge in [0.2, 0.25) is 5.91 Å². The molecule has 3 unspecified atom stereocenters. The molecule has 88 valence electrons. The molecule has 0 radical (unpaired) electrons. The molecule has 3 heteroatoms. The van der Waals surface area contributed by atoms with E-state index in [0.29, 0.717) is 17.8 Å². The van der Waals surface area contributed by atoms with Crippen LogP contribution in [-0.4, -0.2) is 17.8 Å². The molecule has 1 aliphatic rings. The molecule has 0 bridgehead atoms. The van der Waals surface area contributed by atoms with Crippen LogP contribution in [0.1, 0.15) is 46.0 Å². The number of rotatable bonds is 4. The van der Waals surface area contributed by atoms with Crippen LogP contribution in [0.25, 0.3) is 0 Å². The summed E-state index contributed by atoms with van der Waals surface area (Å²) in [4.78, 5) is 11.7. The van der Waals surface area contributed by atoms with Crippen molar-refractivity contribution in [1.29, 1.82) is 0 Å². The molecule has 0 aromatic carbocycles. The molecular weight excluding hydrogens is 210 g/mol. The zero-order valence-corrected chi connectivity index (χ0v) is 10.5. The minimum atomic E-state index is -0.0638. The van der Waals surface area contributed by atoms with Crippen molar-refractivity contribution in [2.24, 2.45) is 11.8 Å². The van der Waals surface area contributed by atoms with Gasteiger partial charge in [-0.25, -0.2) is 0 Å². The van der Waals surface area contributed by atoms with E-state index in [1.165, 1.54) is 25.7 Å². The highest BCUT2D eigenvalue weighted by Crippen LogP contribution is 2.26. The molecule has 3 atom stereocenters. The van der Waals surface area contributed by atoms with Crippen LogP contribution in [0.15, 0.2) is 0 Å². The minimum Gasteiger partial charge on any atom is -0.353 e. The summed E-state index contributed by atoms with van der Waals surface area (Å²) in [5.41, 5.74) is 0. The van der Waals surface area contributed by atoms with Crippen LogP contribution in [0.2, 0.25) is 0 Å². The largest absolute Gasteiger partial charge is 0.353 e. The van der Waals surface area contributed by atoms with E-state index in [-0.39, 0.29) is 11.8 Å². The summed E-state index contributed by atoms with van der Waals surface area (Å²) in [5, 5.41) is 3.15. The van der Waals surface area contributed by atoms with E-state index < -0.39 is 0 Å². The molecule has 0 aliphatic heterocycles. The summed E-state index contributed by atoms with van der Waals surface area (Å²) in [6, 6.07) is 0.391. The van der Waals surface area contributed by atoms with E-state index in [9.17, 15) is 4.79 Å². The third kappa shape index (κ3) is 3.67. The molecule has 1 rings (SSSR count). The molecule has 1 fully saturated rings. The maximum Gasteiger partial charge on any atom is 0.224 e. The number of hydrogen-bond donors (Lipinski definition) is 1. The lowest BCUT2D eigenvalue weighted by Crippen LogP contribution is -2.44. The van der Waals surface area contributed by atoms with E-state index in [2.05, 4.69) is 12.2 Å². The zero-order chi connectivity index (χ0) is 11.3. The van der Waals surface area contributed by atoms with Gasteiger partial charge < -0.3 is 5.32 Å². The Morgan fingerprint density at radius 2 is 2.13 bits per heavy atom. The highest BCUT2D eigenvalue weighted by atomic mass is 35.5. The molecular formula is C12H22ClNO. The van der Waals surface area contributed by atoms with Gasteiger partial charge in [0, 0.05) is 17.8 Å². The summed E-state index contributed by atoms with van der Waals surface area (Å²) < 4.78 is 0. The zero-order valence-electron chi connectivity index (χ0n) is 9.76. The molecule has 0 saturated heterocycles. The average Bonchev–Trinajstić information content (AvgIpc) is 2.28. The van der Waals surface area contributed by atoms with Gasteiger partial charge in [-0.1, -0.05) is 33.1 Å². The van der Waals surface area contributed by atoms with Crippen molar-refractivity contribution in [2.45, 2.75) is 52.0 Å². The second-order valence-electron chi connectivity index (χ2n) is 4.62. The van der Waals surface area contributed by atoms with Gasteiger partial charge in [0.05, 0.1) is 0 Å². The van der Waals surface area contributed by atoms with Gasteiger partial charge in [-0.15, -0.1) is 11.6 Å². The standard InChI is InChI=1S/C12H22ClNO/c1-3-10-6-4-5-7-11(10)14-12(15)9(2)8-13/h9-11H,3-8H2,1-2H3,(H,14,15). The lowest BCUT2D eigenvalue weighted by Gasteiger charge is -2.32. The predicted molar refractivity (Wildman–Crippen MR) is 64.1 cm³/mol. The second kappa shape index (κ2) is 6.37. The molecule has 15 heavy (non-hydrogen) atoms. The first-order chi connectivity index (χ1) is 7.19. The number of alkyl halides is 1. The van der Waals surface area contributed by atoms with Crippen molar-refractivity contribution in [3.8, 4) is 0 Å². The first-order valence-corrected chi connectivity index (χ1v) is 6.58. The number of nitrogens with one attached hydrogen (secondary N) is 1. The van der Waals surface area contributed by atoms with Crippen molar-refractivity contribution < 1.29 is 4.79 Å². The summed E-state index contributed by atoms with van der Waals surface area (Å²) in [6.45, 7) is 4.09. The van der Waals surface area contributed by atoms with Crippen LogP contribution < -0.4 is 5.32 Å². The maximum atomic E-state index is 11.7. The molecule has 2 nitrogen and oxygen atoms in total. The Morgan fingerprint density at radius 1 is 1.47 bits per heavy atom. The number of hydrogen-bond acceptors (Lipinski definition) is 1. The van der Waals surface area contributed by atoms with Crippen molar-refractivity contribution >= 4 is 17.5 Å². The Morgan fingerprint density at radius 3 is 2.73 bits per heavy atom. The molecule has 1 aliphatic carbocycles. The lowest BCUT2D eigenvalue weighted by molar-refractivity contribution is -0.125. The SMILES string of the molecule is CCC1CCCCC1NC(=O)C(C)CCl. The van der Waals surface area contributed by atoms with Crippen LogP contribution >= 0.6 is 11.6 Å². The van der Waals surface area contributed by atoms with Gasteiger partial charge >= 0.3 is 0 Å². The molecule has 0 spiro atoms. The van der Waals surface area contributed by atoms with E-state index in [1.54, 1.807) is 0 Å². The van der Waals surface area contributed by atoms with Gasteiger partial charge in [0.15, 0.2) is 0 Å². The molecule has 1 amide bonds. The Balaban J connectivity index is 2.44. The van der Waals surface area contributed by atoms with Crippen LogP contribution in [0.5, 0.6) is 0 Å². The minimum absolute atomic E-state index is 0.0638. The molecule has 1 N–H and O–H groups in total. The molecule has 0 heterocycles. The van der Waals surface area contributed by atoms with E-state index in [0.717, 1.165) is 6.42 Å². The topological polar surface area (TPSA) is 29.1 Å². The van der Waals surface area contributed by atoms with Crippen LogP contribution in [0, 0.1) is 11.8 Å². The first-order valence-electron chi connectivity index (χ1n) is 6.05. The summed E-state index contributed by atoms with van der Waals surface area (Å²) >= 11 is 5.67. The van der Waals surface area contributed by atoms with E-state index in [1.807, 2.05) is 6.92 Å². The van der Waals surface area contributed by atoms with Crippen LogP contribution in [0.3, 0.4) is 0 Å². The monoisotopic (exact) mass is 231 g/mol. The van der Waals surface area contributed by atoms with Crippen LogP contribution in [0.4, 0.5) is 0 Å². The quantitative estimate of drug-likeness (QED) is 0.741. The summed E-state index contributed by atoms with van der Waals surface area (Å²) in [7, 11) is 0. The third-order valence-electron chi connectivity index (χ3n) is 3.44. The van der Waals surface area contributed by atoms with Crippen molar-refractivity contribution in [3.05, 3.63) is 0 Å². The van der Waals surface area contributed by atoms with Gasteiger partial charge in [0.1, 0.15) is 0 Å². The second-order valence-corrected chi connectivity index (χ2v) is 4.93. The Hall–Kier alpha value is -0.240. The maximum absolute atomic E-state index is 11.7. The first kappa shape index (κ1) is 12.8. The third-order valence-corrected chi connectivity index (χ3v) is 3.90. The van der Waals surface area contributed by atoms with E-state index >= 15 is 0 Å². The number of carbonyl (C=O) groups is 1. The van der Waals surface area contributed by atoms with Gasteiger partial charge in [0.25, 0.3) is 0 Å². The van der Waals surface area contributed by atoms with Crippen molar-refractivity contribution in [1.82, 2.24) is 5.32 Å². The van der Waals surface area contributed by atoms with Gasteiger partial charge in [-0.2, -0.15) is 0 Å². The highest BCUT2D eigenvalue weighted by Gasteiger charge is 2.26. The van der Waals surface area contributed by atoms with E-state index in [4.69, 9.17) is 11.6 Å². The fourth-order valence-corrected chi connectivity index (χ4v) is 2.42. The fourth-order valence-electron chi connectivity index (χ4n) is 2.28. The number of amides is 1. The normalized spacial score (nSPS) is 28.5. The number of carbonyl (C=O) groups excluding carboxylic acids is 1. The molecule has 0 aromatic heterocycles. The Labute approximate surface area is 97.8 Å². The smallest absolute Gasteiger partial charge is 0.224 e. The summed E-state index contributed by atoms with van der Waals surface area (Å²) in [6.07, 6.45) is 6.13. The summed E-state index contributed by atoms with van der Waals surface area (Å²) in [5.74, 6) is 1.14. The fraction of sp³-hybridized carbons (Fsp3) is 0.917. The lowest BCUT2D eigenvalue weighted by atomic mass is 9.82. The Bertz CT molecular complexity index is 208. The predicted octanol–water partition coefficient (Wildman–Crippen LogP) is 2.95.